The first-order chi connectivity index (χ1) is 8.20. The van der Waals surface area contributed by atoms with E-state index in [-0.39, 0.29) is 18.0 Å². The van der Waals surface area contributed by atoms with Gasteiger partial charge in [-0.15, -0.1) is 0 Å². The van der Waals surface area contributed by atoms with E-state index in [2.05, 4.69) is 15.7 Å². The highest BCUT2D eigenvalue weighted by atomic mass is 35.5. The molecule has 0 aliphatic rings. The number of aryl methyl sites for hydroxylation is 2. The van der Waals surface area contributed by atoms with Crippen LogP contribution in [0.2, 0.25) is 5.02 Å². The van der Waals surface area contributed by atoms with Crippen LogP contribution in [0.4, 0.5) is 0 Å². The van der Waals surface area contributed by atoms with Crippen molar-refractivity contribution in [3.63, 3.8) is 0 Å². The van der Waals surface area contributed by atoms with Crippen molar-refractivity contribution in [2.24, 2.45) is 7.05 Å². The van der Waals surface area contributed by atoms with Gasteiger partial charge in [0.25, 0.3) is 0 Å². The quantitative estimate of drug-likeness (QED) is 0.871. The van der Waals surface area contributed by atoms with E-state index in [4.69, 9.17) is 11.6 Å². The van der Waals surface area contributed by atoms with Crippen LogP contribution in [0.25, 0.3) is 0 Å². The van der Waals surface area contributed by atoms with Gasteiger partial charge in [0, 0.05) is 19.1 Å². The van der Waals surface area contributed by atoms with Gasteiger partial charge in [0.2, 0.25) is 5.91 Å². The Morgan fingerprint density at radius 2 is 2.06 bits per heavy atom. The molecule has 102 valence electrons. The third-order valence-corrected chi connectivity index (χ3v) is 2.85. The Labute approximate surface area is 113 Å². The van der Waals surface area contributed by atoms with Crippen molar-refractivity contribution >= 4 is 17.5 Å². The summed E-state index contributed by atoms with van der Waals surface area (Å²) in [5, 5.41) is 10.8. The maximum absolute atomic E-state index is 11.6. The van der Waals surface area contributed by atoms with Crippen LogP contribution in [0.5, 0.6) is 0 Å². The Bertz CT molecular complexity index is 434. The summed E-state index contributed by atoms with van der Waals surface area (Å²) in [6, 6.07) is 0. The fraction of sp³-hybridized carbons (Fsp3) is 0.667. The van der Waals surface area contributed by atoms with Crippen molar-refractivity contribution in [2.45, 2.75) is 39.8 Å². The van der Waals surface area contributed by atoms with Gasteiger partial charge in [0.05, 0.1) is 23.0 Å². The first kappa shape index (κ1) is 15.0. The van der Waals surface area contributed by atoms with E-state index in [9.17, 15) is 4.79 Å². The molecule has 0 unspecified atom stereocenters. The second-order valence-electron chi connectivity index (χ2n) is 5.37. The van der Waals surface area contributed by atoms with Gasteiger partial charge in [-0.05, 0) is 27.7 Å². The average Bonchev–Trinajstić information content (AvgIpc) is 2.41. The van der Waals surface area contributed by atoms with E-state index in [1.165, 1.54) is 0 Å². The van der Waals surface area contributed by atoms with Crippen molar-refractivity contribution < 1.29 is 4.79 Å². The topological polar surface area (TPSA) is 59.0 Å². The summed E-state index contributed by atoms with van der Waals surface area (Å²) >= 11 is 6.11. The van der Waals surface area contributed by atoms with Crippen molar-refractivity contribution in [3.8, 4) is 0 Å². The first-order valence-electron chi connectivity index (χ1n) is 5.90. The maximum atomic E-state index is 11.6. The predicted octanol–water partition coefficient (Wildman–Crippen LogP) is 1.39. The van der Waals surface area contributed by atoms with Crippen LogP contribution in [0, 0.1) is 6.92 Å². The Hall–Kier alpha value is -1.07. The Kier molecular flexibility index (Phi) is 4.76. The van der Waals surface area contributed by atoms with Crippen molar-refractivity contribution in [1.82, 2.24) is 20.4 Å². The number of carbonyl (C=O) groups excluding carboxylic acids is 1. The summed E-state index contributed by atoms with van der Waals surface area (Å²) in [7, 11) is 1.84. The summed E-state index contributed by atoms with van der Waals surface area (Å²) in [6.45, 7) is 8.49. The van der Waals surface area contributed by atoms with E-state index in [0.29, 0.717) is 11.6 Å². The van der Waals surface area contributed by atoms with Gasteiger partial charge in [0.15, 0.2) is 0 Å². The van der Waals surface area contributed by atoms with Crippen LogP contribution >= 0.6 is 11.6 Å². The lowest BCUT2D eigenvalue weighted by atomic mass is 10.1. The lowest BCUT2D eigenvalue weighted by Crippen LogP contribution is -2.44. The smallest absolute Gasteiger partial charge is 0.234 e. The Balaban J connectivity index is 2.45. The van der Waals surface area contributed by atoms with E-state index in [0.717, 1.165) is 11.4 Å². The third kappa shape index (κ3) is 4.31. The minimum atomic E-state index is -0.209. The molecular formula is C12H21ClN4O. The fourth-order valence-electron chi connectivity index (χ4n) is 1.63. The monoisotopic (exact) mass is 272 g/mol. The number of nitrogens with zero attached hydrogens (tertiary/aromatic N) is 2. The van der Waals surface area contributed by atoms with Crippen LogP contribution in [0.3, 0.4) is 0 Å². The summed E-state index contributed by atoms with van der Waals surface area (Å²) in [4.78, 5) is 11.6. The summed E-state index contributed by atoms with van der Waals surface area (Å²) in [5.41, 5.74) is 1.48. The molecule has 0 aliphatic carbocycles. The molecule has 1 heterocycles. The number of aromatic nitrogens is 2. The molecule has 0 saturated heterocycles. The molecule has 0 radical (unpaired) electrons. The number of hydrogen-bond acceptors (Lipinski definition) is 3. The van der Waals surface area contributed by atoms with Gasteiger partial charge < -0.3 is 10.6 Å². The van der Waals surface area contributed by atoms with Crippen LogP contribution in [-0.2, 0) is 18.4 Å². The molecule has 0 fully saturated rings. The number of carbonyl (C=O) groups is 1. The summed E-state index contributed by atoms with van der Waals surface area (Å²) < 4.78 is 1.73. The molecule has 0 aromatic carbocycles. The highest BCUT2D eigenvalue weighted by molar-refractivity contribution is 6.31. The molecule has 0 spiro atoms. The zero-order valence-corrected chi connectivity index (χ0v) is 12.4. The number of halogens is 1. The number of rotatable bonds is 4. The number of hydrogen-bond donors (Lipinski definition) is 2. The van der Waals surface area contributed by atoms with E-state index in [1.54, 1.807) is 4.68 Å². The Morgan fingerprint density at radius 3 is 2.50 bits per heavy atom. The van der Waals surface area contributed by atoms with Crippen LogP contribution < -0.4 is 10.6 Å². The molecule has 0 bridgehead atoms. The first-order valence-corrected chi connectivity index (χ1v) is 6.28. The molecule has 1 aromatic rings. The minimum Gasteiger partial charge on any atom is -0.350 e. The van der Waals surface area contributed by atoms with Crippen LogP contribution in [-0.4, -0.2) is 27.8 Å². The molecule has 1 aromatic heterocycles. The van der Waals surface area contributed by atoms with Crippen molar-refractivity contribution in [3.05, 3.63) is 16.4 Å². The van der Waals surface area contributed by atoms with Gasteiger partial charge in [-0.1, -0.05) is 11.6 Å². The molecule has 2 N–H and O–H groups in total. The normalized spacial score (nSPS) is 11.7. The Morgan fingerprint density at radius 1 is 1.44 bits per heavy atom. The van der Waals surface area contributed by atoms with Crippen molar-refractivity contribution in [2.75, 3.05) is 6.54 Å². The molecule has 1 rings (SSSR count). The van der Waals surface area contributed by atoms with Gasteiger partial charge in [0.1, 0.15) is 0 Å². The SMILES string of the molecule is Cc1nn(C)c(CNCC(=O)NC(C)(C)C)c1Cl. The fourth-order valence-corrected chi connectivity index (χ4v) is 1.86. The molecule has 1 amide bonds. The molecule has 6 heteroatoms. The van der Waals surface area contributed by atoms with Crippen LogP contribution in [0.1, 0.15) is 32.2 Å². The minimum absolute atomic E-state index is 0.0301. The number of amides is 1. The summed E-state index contributed by atoms with van der Waals surface area (Å²) in [6.07, 6.45) is 0. The van der Waals surface area contributed by atoms with E-state index < -0.39 is 0 Å². The van der Waals surface area contributed by atoms with Crippen molar-refractivity contribution in [1.29, 1.82) is 0 Å². The summed E-state index contributed by atoms with van der Waals surface area (Å²) in [5.74, 6) is -0.0301. The molecule has 5 nitrogen and oxygen atoms in total. The van der Waals surface area contributed by atoms with E-state index in [1.807, 2.05) is 34.7 Å². The van der Waals surface area contributed by atoms with Gasteiger partial charge in [-0.2, -0.15) is 5.10 Å². The highest BCUT2D eigenvalue weighted by Crippen LogP contribution is 2.18. The van der Waals surface area contributed by atoms with Gasteiger partial charge in [-0.25, -0.2) is 0 Å². The molecular weight excluding hydrogens is 252 g/mol. The molecule has 0 saturated carbocycles. The molecule has 0 atom stereocenters. The molecule has 18 heavy (non-hydrogen) atoms. The second-order valence-corrected chi connectivity index (χ2v) is 5.75. The molecule has 0 aliphatic heterocycles. The zero-order valence-electron chi connectivity index (χ0n) is 11.6. The van der Waals surface area contributed by atoms with E-state index >= 15 is 0 Å². The lowest BCUT2D eigenvalue weighted by molar-refractivity contribution is -0.121. The third-order valence-electron chi connectivity index (χ3n) is 2.35. The largest absolute Gasteiger partial charge is 0.350 e. The zero-order chi connectivity index (χ0) is 13.9. The van der Waals surface area contributed by atoms with Gasteiger partial charge in [-0.3, -0.25) is 9.48 Å². The predicted molar refractivity (Wildman–Crippen MR) is 72.6 cm³/mol. The van der Waals surface area contributed by atoms with Crippen LogP contribution in [0.15, 0.2) is 0 Å². The second kappa shape index (κ2) is 5.71. The van der Waals surface area contributed by atoms with Gasteiger partial charge >= 0.3 is 0 Å². The standard InChI is InChI=1S/C12H21ClN4O/c1-8-11(13)9(17(5)16-8)6-14-7-10(18)15-12(2,3)4/h14H,6-7H2,1-5H3,(H,15,18). The lowest BCUT2D eigenvalue weighted by Gasteiger charge is -2.20. The average molecular weight is 273 g/mol. The maximum Gasteiger partial charge on any atom is 0.234 e. The highest BCUT2D eigenvalue weighted by Gasteiger charge is 2.14. The number of nitrogens with one attached hydrogen (secondary N) is 2.